The lowest BCUT2D eigenvalue weighted by molar-refractivity contribution is -0.140. The highest BCUT2D eigenvalue weighted by Crippen LogP contribution is 2.40. The van der Waals surface area contributed by atoms with Crippen molar-refractivity contribution in [1.29, 1.82) is 0 Å². The quantitative estimate of drug-likeness (QED) is 0.312. The number of hydrogen-bond donors (Lipinski definition) is 1. The predicted molar refractivity (Wildman–Crippen MR) is 127 cm³/mol. The number of benzene rings is 2. The van der Waals surface area contributed by atoms with Gasteiger partial charge in [-0.25, -0.2) is 0 Å². The van der Waals surface area contributed by atoms with Gasteiger partial charge in [-0.1, -0.05) is 34.1 Å². The molecule has 7 heteroatoms. The molecule has 1 atom stereocenters. The molecule has 3 rings (SSSR count). The zero-order chi connectivity index (χ0) is 23.4. The van der Waals surface area contributed by atoms with Gasteiger partial charge in [-0.15, -0.1) is 0 Å². The summed E-state index contributed by atoms with van der Waals surface area (Å²) in [5.41, 5.74) is 2.14. The molecule has 0 bridgehead atoms. The summed E-state index contributed by atoms with van der Waals surface area (Å²) < 4.78 is 12.1. The van der Waals surface area contributed by atoms with Crippen LogP contribution in [0.25, 0.3) is 5.76 Å². The maximum absolute atomic E-state index is 13.1. The average Bonchev–Trinajstić information content (AvgIpc) is 3.00. The van der Waals surface area contributed by atoms with E-state index in [1.54, 1.807) is 18.2 Å². The molecule has 0 aromatic heterocycles. The first-order valence-corrected chi connectivity index (χ1v) is 11.4. The Kier molecular flexibility index (Phi) is 7.74. The Hall–Kier alpha value is -2.64. The van der Waals surface area contributed by atoms with Crippen molar-refractivity contribution in [2.24, 2.45) is 0 Å². The van der Waals surface area contributed by atoms with Gasteiger partial charge in [-0.3, -0.25) is 9.59 Å². The first-order chi connectivity index (χ1) is 15.2. The number of amides is 1. The molecule has 0 spiro atoms. The van der Waals surface area contributed by atoms with Crippen molar-refractivity contribution in [3.63, 3.8) is 0 Å². The maximum Gasteiger partial charge on any atom is 0.295 e. The van der Waals surface area contributed by atoms with Crippen LogP contribution in [0, 0.1) is 6.92 Å². The van der Waals surface area contributed by atoms with Crippen molar-refractivity contribution in [2.75, 3.05) is 19.8 Å². The van der Waals surface area contributed by atoms with E-state index in [9.17, 15) is 14.7 Å². The Labute approximate surface area is 197 Å². The zero-order valence-electron chi connectivity index (χ0n) is 18.7. The molecule has 6 nitrogen and oxygen atoms in total. The van der Waals surface area contributed by atoms with Crippen molar-refractivity contribution < 1.29 is 24.2 Å². The minimum Gasteiger partial charge on any atom is -0.507 e. The Morgan fingerprint density at radius 2 is 1.94 bits per heavy atom. The molecular weight excluding hydrogens is 474 g/mol. The number of ketones is 1. The van der Waals surface area contributed by atoms with Gasteiger partial charge in [0, 0.05) is 16.6 Å². The number of carbonyl (C=O) groups excluding carboxylic acids is 2. The van der Waals surface area contributed by atoms with Gasteiger partial charge in [-0.05, 0) is 63.1 Å². The molecule has 1 aliphatic rings. The summed E-state index contributed by atoms with van der Waals surface area (Å²) in [5.74, 6) is -0.925. The highest BCUT2D eigenvalue weighted by Gasteiger charge is 2.46. The molecule has 0 saturated carbocycles. The summed E-state index contributed by atoms with van der Waals surface area (Å²) in [6.45, 7) is 8.60. The lowest BCUT2D eigenvalue weighted by Crippen LogP contribution is -2.33. The van der Waals surface area contributed by atoms with Crippen molar-refractivity contribution in [3.05, 3.63) is 69.2 Å². The molecule has 170 valence electrons. The van der Waals surface area contributed by atoms with Crippen LogP contribution < -0.4 is 4.74 Å². The summed E-state index contributed by atoms with van der Waals surface area (Å²) >= 11 is 3.45. The first-order valence-electron chi connectivity index (χ1n) is 10.6. The Balaban J connectivity index is 2.12. The van der Waals surface area contributed by atoms with E-state index in [0.717, 1.165) is 10.0 Å². The third-order valence-corrected chi connectivity index (χ3v) is 6.13. The fourth-order valence-electron chi connectivity index (χ4n) is 3.73. The van der Waals surface area contributed by atoms with Crippen LogP contribution in [0.2, 0.25) is 0 Å². The van der Waals surface area contributed by atoms with Crippen LogP contribution in [0.4, 0.5) is 0 Å². The van der Waals surface area contributed by atoms with Crippen molar-refractivity contribution in [1.82, 2.24) is 4.90 Å². The predicted octanol–water partition coefficient (Wildman–Crippen LogP) is 5.00. The molecule has 32 heavy (non-hydrogen) atoms. The Morgan fingerprint density at radius 1 is 1.19 bits per heavy atom. The summed E-state index contributed by atoms with van der Waals surface area (Å²) in [6, 6.07) is 11.8. The van der Waals surface area contributed by atoms with E-state index in [1.807, 2.05) is 52.0 Å². The molecular formula is C25H28BrNO5. The van der Waals surface area contributed by atoms with E-state index in [2.05, 4.69) is 15.9 Å². The molecule has 0 radical (unpaired) electrons. The smallest absolute Gasteiger partial charge is 0.295 e. The van der Waals surface area contributed by atoms with Crippen molar-refractivity contribution in [3.8, 4) is 5.75 Å². The summed E-state index contributed by atoms with van der Waals surface area (Å²) in [7, 11) is 0. The van der Waals surface area contributed by atoms with Gasteiger partial charge in [0.05, 0.1) is 30.9 Å². The minimum absolute atomic E-state index is 0.00250. The van der Waals surface area contributed by atoms with E-state index in [0.29, 0.717) is 23.5 Å². The van der Waals surface area contributed by atoms with Crippen LogP contribution in [0.1, 0.15) is 43.5 Å². The van der Waals surface area contributed by atoms with Gasteiger partial charge < -0.3 is 19.5 Å². The molecule has 1 amide bonds. The number of carbonyl (C=O) groups is 2. The number of aryl methyl sites for hydroxylation is 1. The van der Waals surface area contributed by atoms with E-state index >= 15 is 0 Å². The number of aliphatic hydroxyl groups excluding tert-OH is 1. The van der Waals surface area contributed by atoms with Gasteiger partial charge in [0.2, 0.25) is 0 Å². The van der Waals surface area contributed by atoms with Crippen LogP contribution >= 0.6 is 15.9 Å². The Bertz CT molecular complexity index is 1050. The summed E-state index contributed by atoms with van der Waals surface area (Å²) in [4.78, 5) is 27.5. The van der Waals surface area contributed by atoms with Crippen LogP contribution in [0.3, 0.4) is 0 Å². The highest BCUT2D eigenvalue weighted by molar-refractivity contribution is 9.10. The molecule has 0 aliphatic carbocycles. The topological polar surface area (TPSA) is 76.1 Å². The molecule has 1 aliphatic heterocycles. The zero-order valence-corrected chi connectivity index (χ0v) is 20.3. The second-order valence-corrected chi connectivity index (χ2v) is 8.74. The van der Waals surface area contributed by atoms with Crippen LogP contribution in [-0.4, -0.2) is 47.6 Å². The number of rotatable bonds is 8. The van der Waals surface area contributed by atoms with E-state index in [4.69, 9.17) is 9.47 Å². The number of halogens is 1. The molecule has 1 N–H and O–H groups in total. The van der Waals surface area contributed by atoms with Crippen molar-refractivity contribution >= 4 is 33.4 Å². The number of Topliss-reactive ketones (excluding diaryl/α,β-unsaturated/α-hetero) is 1. The molecule has 1 saturated heterocycles. The number of likely N-dealkylation sites (tertiary alicyclic amines) is 1. The second kappa shape index (κ2) is 10.3. The summed E-state index contributed by atoms with van der Waals surface area (Å²) in [5, 5.41) is 11.2. The van der Waals surface area contributed by atoms with Gasteiger partial charge in [0.1, 0.15) is 11.5 Å². The van der Waals surface area contributed by atoms with Crippen LogP contribution in [-0.2, 0) is 14.3 Å². The maximum atomic E-state index is 13.1. The SMILES string of the molecule is CCOc1cccc(C2/C(=C(/O)c3ccc(Br)c(C)c3)C(=O)C(=O)N2CCOC(C)C)c1. The monoisotopic (exact) mass is 501 g/mol. The Morgan fingerprint density at radius 3 is 2.59 bits per heavy atom. The highest BCUT2D eigenvalue weighted by atomic mass is 79.9. The van der Waals surface area contributed by atoms with Gasteiger partial charge >= 0.3 is 0 Å². The lowest BCUT2D eigenvalue weighted by atomic mass is 9.94. The molecule has 1 unspecified atom stereocenters. The molecule has 1 fully saturated rings. The van der Waals surface area contributed by atoms with Gasteiger partial charge in [-0.2, -0.15) is 0 Å². The fraction of sp³-hybridized carbons (Fsp3) is 0.360. The number of aliphatic hydroxyl groups is 1. The minimum atomic E-state index is -0.741. The third kappa shape index (κ3) is 5.05. The molecule has 2 aromatic rings. The number of ether oxygens (including phenoxy) is 2. The summed E-state index contributed by atoms with van der Waals surface area (Å²) in [6.07, 6.45) is -0.00250. The fourth-order valence-corrected chi connectivity index (χ4v) is 3.98. The number of hydrogen-bond acceptors (Lipinski definition) is 5. The van der Waals surface area contributed by atoms with E-state index in [1.165, 1.54) is 4.90 Å². The molecule has 1 heterocycles. The van der Waals surface area contributed by atoms with Crippen LogP contribution in [0.5, 0.6) is 5.75 Å². The van der Waals surface area contributed by atoms with E-state index in [-0.39, 0.29) is 30.6 Å². The second-order valence-electron chi connectivity index (χ2n) is 7.88. The average molecular weight is 502 g/mol. The van der Waals surface area contributed by atoms with E-state index < -0.39 is 17.7 Å². The van der Waals surface area contributed by atoms with Crippen molar-refractivity contribution in [2.45, 2.75) is 39.8 Å². The normalized spacial score (nSPS) is 17.9. The van der Waals surface area contributed by atoms with Gasteiger partial charge in [0.25, 0.3) is 11.7 Å². The van der Waals surface area contributed by atoms with Gasteiger partial charge in [0.15, 0.2) is 0 Å². The number of nitrogens with zero attached hydrogens (tertiary/aromatic N) is 1. The first kappa shape index (κ1) is 24.0. The lowest BCUT2D eigenvalue weighted by Gasteiger charge is -2.26. The third-order valence-electron chi connectivity index (χ3n) is 5.24. The van der Waals surface area contributed by atoms with Crippen LogP contribution in [0.15, 0.2) is 52.5 Å². The molecule has 2 aromatic carbocycles. The standard InChI is InChI=1S/C25H28BrNO5/c1-5-31-19-8-6-7-17(14-19)22-21(23(28)18-9-10-20(26)16(4)13-18)24(29)25(30)27(22)11-12-32-15(2)3/h6-10,13-15,22,28H,5,11-12H2,1-4H3/b23-21-. The largest absolute Gasteiger partial charge is 0.507 e.